The van der Waals surface area contributed by atoms with E-state index in [-0.39, 0.29) is 12.0 Å². The molecule has 2 amide bonds. The van der Waals surface area contributed by atoms with Gasteiger partial charge in [0.2, 0.25) is 0 Å². The third-order valence-electron chi connectivity index (χ3n) is 3.14. The molecule has 0 aromatic heterocycles. The van der Waals surface area contributed by atoms with Crippen molar-refractivity contribution in [3.8, 4) is 0 Å². The fourth-order valence-electron chi connectivity index (χ4n) is 1.95. The number of aliphatic carboxylic acids is 1. The number of carbonyl (C=O) groups is 2. The fourth-order valence-corrected chi connectivity index (χ4v) is 1.95. The van der Waals surface area contributed by atoms with E-state index in [1.165, 1.54) is 0 Å². The van der Waals surface area contributed by atoms with Crippen molar-refractivity contribution in [2.24, 2.45) is 11.8 Å². The second kappa shape index (κ2) is 8.77. The Labute approximate surface area is 116 Å². The van der Waals surface area contributed by atoms with Crippen molar-refractivity contribution in [3.05, 3.63) is 0 Å². The van der Waals surface area contributed by atoms with E-state index in [1.54, 1.807) is 0 Å². The van der Waals surface area contributed by atoms with E-state index in [9.17, 15) is 9.59 Å². The average molecular weight is 272 g/mol. The number of rotatable bonds is 8. The molecule has 0 aromatic rings. The summed E-state index contributed by atoms with van der Waals surface area (Å²) in [7, 11) is 0. The Morgan fingerprint density at radius 2 is 1.63 bits per heavy atom. The van der Waals surface area contributed by atoms with Gasteiger partial charge in [-0.05, 0) is 31.6 Å². The molecule has 0 saturated heterocycles. The Hall–Kier alpha value is -1.26. The van der Waals surface area contributed by atoms with Crippen molar-refractivity contribution >= 4 is 12.0 Å². The number of nitrogens with one attached hydrogen (secondary N) is 2. The van der Waals surface area contributed by atoms with Crippen molar-refractivity contribution in [2.45, 2.75) is 66.0 Å². The highest BCUT2D eigenvalue weighted by atomic mass is 16.4. The van der Waals surface area contributed by atoms with Gasteiger partial charge < -0.3 is 15.7 Å². The molecule has 0 aliphatic rings. The van der Waals surface area contributed by atoms with Crippen LogP contribution < -0.4 is 10.6 Å². The highest BCUT2D eigenvalue weighted by Crippen LogP contribution is 2.09. The monoisotopic (exact) mass is 272 g/mol. The maximum atomic E-state index is 11.7. The quantitative estimate of drug-likeness (QED) is 0.635. The minimum atomic E-state index is -0.988. The third kappa shape index (κ3) is 8.46. The number of urea groups is 1. The molecule has 0 saturated carbocycles. The second-order valence-electron chi connectivity index (χ2n) is 5.79. The van der Waals surface area contributed by atoms with Gasteiger partial charge in [-0.1, -0.05) is 34.1 Å². The van der Waals surface area contributed by atoms with E-state index >= 15 is 0 Å². The molecule has 0 spiro atoms. The number of carboxylic acid groups (broad SMARTS) is 1. The predicted octanol–water partition coefficient (Wildman–Crippen LogP) is 2.61. The van der Waals surface area contributed by atoms with Crippen LogP contribution in [0.25, 0.3) is 0 Å². The molecule has 112 valence electrons. The van der Waals surface area contributed by atoms with E-state index in [0.29, 0.717) is 12.3 Å². The van der Waals surface area contributed by atoms with Gasteiger partial charge in [0.1, 0.15) is 6.04 Å². The van der Waals surface area contributed by atoms with E-state index in [0.717, 1.165) is 12.8 Å². The van der Waals surface area contributed by atoms with Gasteiger partial charge in [-0.25, -0.2) is 9.59 Å². The summed E-state index contributed by atoms with van der Waals surface area (Å²) in [5, 5.41) is 14.4. The van der Waals surface area contributed by atoms with Crippen molar-refractivity contribution in [1.82, 2.24) is 10.6 Å². The summed E-state index contributed by atoms with van der Waals surface area (Å²) in [6.45, 7) is 10.0. The maximum absolute atomic E-state index is 11.7. The lowest BCUT2D eigenvalue weighted by atomic mass is 10.0. The Bertz CT molecular complexity index is 292. The van der Waals surface area contributed by atoms with Crippen LogP contribution in [0.2, 0.25) is 0 Å². The lowest BCUT2D eigenvalue weighted by molar-refractivity contribution is -0.139. The first-order chi connectivity index (χ1) is 8.76. The summed E-state index contributed by atoms with van der Waals surface area (Å²) in [5.74, 6) is -0.224. The van der Waals surface area contributed by atoms with Crippen LogP contribution in [0.5, 0.6) is 0 Å². The van der Waals surface area contributed by atoms with Gasteiger partial charge in [0.05, 0.1) is 0 Å². The highest BCUT2D eigenvalue weighted by Gasteiger charge is 2.21. The molecule has 0 bridgehead atoms. The molecule has 3 N–H and O–H groups in total. The van der Waals surface area contributed by atoms with Crippen molar-refractivity contribution in [1.29, 1.82) is 0 Å². The van der Waals surface area contributed by atoms with Crippen molar-refractivity contribution in [3.63, 3.8) is 0 Å². The van der Waals surface area contributed by atoms with E-state index < -0.39 is 18.0 Å². The van der Waals surface area contributed by atoms with Crippen LogP contribution in [-0.2, 0) is 4.79 Å². The zero-order valence-corrected chi connectivity index (χ0v) is 12.7. The zero-order chi connectivity index (χ0) is 15.0. The van der Waals surface area contributed by atoms with Crippen molar-refractivity contribution < 1.29 is 14.7 Å². The summed E-state index contributed by atoms with van der Waals surface area (Å²) in [6.07, 6.45) is 2.40. The van der Waals surface area contributed by atoms with Crippen molar-refractivity contribution in [2.75, 3.05) is 0 Å². The third-order valence-corrected chi connectivity index (χ3v) is 3.14. The van der Waals surface area contributed by atoms with Crippen LogP contribution in [0.1, 0.15) is 53.9 Å². The first kappa shape index (κ1) is 17.7. The lowest BCUT2D eigenvalue weighted by Gasteiger charge is -2.21. The normalized spacial score (nSPS) is 15.7. The molecule has 5 heteroatoms. The summed E-state index contributed by atoms with van der Waals surface area (Å²) in [6, 6.07) is -1.18. The summed E-state index contributed by atoms with van der Waals surface area (Å²) in [4.78, 5) is 22.8. The van der Waals surface area contributed by atoms with Gasteiger partial charge in [0.25, 0.3) is 0 Å². The SMILES string of the molecule is CCC(C)CC(C)NC(=O)N[C@H](CC(C)C)C(=O)O. The standard InChI is InChI=1S/C14H28N2O3/c1-6-10(4)8-11(5)15-14(19)16-12(13(17)18)7-9(2)3/h9-12H,6-8H2,1-5H3,(H,17,18)(H2,15,16,19)/t10?,11?,12-/m1/s1. The number of hydrogen-bond donors (Lipinski definition) is 3. The van der Waals surface area contributed by atoms with Crippen LogP contribution in [-0.4, -0.2) is 29.2 Å². The average Bonchev–Trinajstić information content (AvgIpc) is 2.26. The second-order valence-corrected chi connectivity index (χ2v) is 5.79. The number of hydrogen-bond acceptors (Lipinski definition) is 2. The van der Waals surface area contributed by atoms with Crippen LogP contribution in [0.3, 0.4) is 0 Å². The fraction of sp³-hybridized carbons (Fsp3) is 0.857. The highest BCUT2D eigenvalue weighted by molar-refractivity contribution is 5.82. The van der Waals surface area contributed by atoms with Crippen LogP contribution in [0, 0.1) is 11.8 Å². The Morgan fingerprint density at radius 3 is 2.05 bits per heavy atom. The first-order valence-electron chi connectivity index (χ1n) is 7.06. The molecule has 19 heavy (non-hydrogen) atoms. The van der Waals surface area contributed by atoms with E-state index in [4.69, 9.17) is 5.11 Å². The Balaban J connectivity index is 4.22. The van der Waals surface area contributed by atoms with Gasteiger partial charge in [-0.3, -0.25) is 0 Å². The first-order valence-corrected chi connectivity index (χ1v) is 7.06. The zero-order valence-electron chi connectivity index (χ0n) is 12.7. The van der Waals surface area contributed by atoms with E-state index in [2.05, 4.69) is 24.5 Å². The predicted molar refractivity (Wildman–Crippen MR) is 76.1 cm³/mol. The molecule has 2 unspecified atom stereocenters. The summed E-state index contributed by atoms with van der Waals surface area (Å²) >= 11 is 0. The lowest BCUT2D eigenvalue weighted by Crippen LogP contribution is -2.49. The molecule has 0 aromatic carbocycles. The maximum Gasteiger partial charge on any atom is 0.326 e. The van der Waals surface area contributed by atoms with Crippen LogP contribution in [0.15, 0.2) is 0 Å². The summed E-state index contributed by atoms with van der Waals surface area (Å²) < 4.78 is 0. The Kier molecular flexibility index (Phi) is 8.19. The molecule has 0 heterocycles. The molecule has 0 aliphatic heterocycles. The van der Waals surface area contributed by atoms with Gasteiger partial charge in [-0.2, -0.15) is 0 Å². The molecule has 0 radical (unpaired) electrons. The summed E-state index contributed by atoms with van der Waals surface area (Å²) in [5.41, 5.74) is 0. The van der Waals surface area contributed by atoms with Gasteiger partial charge >= 0.3 is 12.0 Å². The van der Waals surface area contributed by atoms with Crippen LogP contribution >= 0.6 is 0 Å². The molecule has 3 atom stereocenters. The van der Waals surface area contributed by atoms with Gasteiger partial charge in [0.15, 0.2) is 0 Å². The smallest absolute Gasteiger partial charge is 0.326 e. The van der Waals surface area contributed by atoms with Gasteiger partial charge in [-0.15, -0.1) is 0 Å². The number of carboxylic acids is 1. The molecular weight excluding hydrogens is 244 g/mol. The van der Waals surface area contributed by atoms with Gasteiger partial charge in [0, 0.05) is 6.04 Å². The van der Waals surface area contributed by atoms with Crippen LogP contribution in [0.4, 0.5) is 4.79 Å². The molecular formula is C14H28N2O3. The topological polar surface area (TPSA) is 78.4 Å². The molecule has 0 aliphatic carbocycles. The molecule has 0 rings (SSSR count). The Morgan fingerprint density at radius 1 is 1.05 bits per heavy atom. The minimum absolute atomic E-state index is 0.0449. The largest absolute Gasteiger partial charge is 0.480 e. The number of carbonyl (C=O) groups excluding carboxylic acids is 1. The molecule has 0 fully saturated rings. The molecule has 5 nitrogen and oxygen atoms in total. The minimum Gasteiger partial charge on any atom is -0.480 e. The van der Waals surface area contributed by atoms with E-state index in [1.807, 2.05) is 20.8 Å². The number of amides is 2.